The fraction of sp³-hybridized carbons (Fsp3) is 0.167. The topological polar surface area (TPSA) is 92.6 Å². The van der Waals surface area contributed by atoms with Crippen LogP contribution in [0.2, 0.25) is 10.0 Å². The number of rotatable bonds is 10. The molecule has 5 aromatic rings. The number of nitrogens with zero attached hydrogens (tertiary/aromatic N) is 3. The lowest BCUT2D eigenvalue weighted by Gasteiger charge is -2.22. The first kappa shape index (κ1) is 32.8. The number of carbonyl (C=O) groups excluding carboxylic acids is 2. The Morgan fingerprint density at radius 2 is 1.72 bits per heavy atom. The van der Waals surface area contributed by atoms with E-state index in [1.807, 2.05) is 62.4 Å². The maximum absolute atomic E-state index is 13.6. The lowest BCUT2D eigenvalue weighted by molar-refractivity contribution is -0.132. The highest BCUT2D eigenvalue weighted by Gasteiger charge is 2.48. The lowest BCUT2D eigenvalue weighted by Crippen LogP contribution is -2.29. The number of benzene rings is 4. The standard InChI is InChI=1S/C36H29Cl2N3O4S2/c1-3-22-7-9-24(10-8-22)31-30(32(42)25-12-15-28(16-13-25)45-19-23-6-4-5-21(2)17-23)33(43)34(44)41(31)35-39-40-36(47-35)46-20-26-11-14-27(37)18-29(26)38/h4-18,31,42H,3,19-20H2,1-2H3. The zero-order valence-electron chi connectivity index (χ0n) is 25.4. The molecule has 1 fully saturated rings. The van der Waals surface area contributed by atoms with E-state index in [0.29, 0.717) is 43.6 Å². The Hall–Kier alpha value is -4.15. The quantitative estimate of drug-likeness (QED) is 0.0510. The molecule has 1 atom stereocenters. The van der Waals surface area contributed by atoms with Gasteiger partial charge in [-0.15, -0.1) is 10.2 Å². The monoisotopic (exact) mass is 701 g/mol. The number of anilines is 1. The van der Waals surface area contributed by atoms with Crippen LogP contribution in [-0.4, -0.2) is 27.0 Å². The van der Waals surface area contributed by atoms with Crippen molar-refractivity contribution in [1.82, 2.24) is 10.2 Å². The number of aromatic nitrogens is 2. The average molecular weight is 703 g/mol. The number of amides is 1. The zero-order valence-corrected chi connectivity index (χ0v) is 28.6. The third-order valence-corrected chi connectivity index (χ3v) is 10.4. The normalized spacial score (nSPS) is 15.7. The van der Waals surface area contributed by atoms with Crippen LogP contribution in [0.3, 0.4) is 0 Å². The highest BCUT2D eigenvalue weighted by Crippen LogP contribution is 2.44. The summed E-state index contributed by atoms with van der Waals surface area (Å²) in [6.07, 6.45) is 0.827. The van der Waals surface area contributed by atoms with E-state index in [0.717, 1.165) is 28.7 Å². The Bertz CT molecular complexity index is 1980. The molecule has 1 aliphatic rings. The number of hydrogen-bond donors (Lipinski definition) is 1. The van der Waals surface area contributed by atoms with Crippen LogP contribution in [0, 0.1) is 6.92 Å². The summed E-state index contributed by atoms with van der Waals surface area (Å²) < 4.78 is 6.53. The second-order valence-electron chi connectivity index (χ2n) is 10.9. The summed E-state index contributed by atoms with van der Waals surface area (Å²) >= 11 is 15.0. The van der Waals surface area contributed by atoms with E-state index in [9.17, 15) is 14.7 Å². The van der Waals surface area contributed by atoms with Crippen molar-refractivity contribution in [2.45, 2.75) is 43.0 Å². The van der Waals surface area contributed by atoms with E-state index in [-0.39, 0.29) is 16.5 Å². The first-order valence-corrected chi connectivity index (χ1v) is 17.4. The largest absolute Gasteiger partial charge is 0.507 e. The maximum Gasteiger partial charge on any atom is 0.301 e. The van der Waals surface area contributed by atoms with Crippen molar-refractivity contribution in [2.24, 2.45) is 0 Å². The smallest absolute Gasteiger partial charge is 0.301 e. The second-order valence-corrected chi connectivity index (χ2v) is 14.0. The molecule has 11 heteroatoms. The predicted octanol–water partition coefficient (Wildman–Crippen LogP) is 9.21. The van der Waals surface area contributed by atoms with Crippen LogP contribution in [0.25, 0.3) is 5.76 Å². The Kier molecular flexibility index (Phi) is 9.98. The van der Waals surface area contributed by atoms with Gasteiger partial charge in [0.05, 0.1) is 11.6 Å². The third-order valence-electron chi connectivity index (χ3n) is 7.73. The van der Waals surface area contributed by atoms with Gasteiger partial charge in [0.25, 0.3) is 5.78 Å². The van der Waals surface area contributed by atoms with Gasteiger partial charge in [0.2, 0.25) is 5.13 Å². The molecule has 0 aliphatic carbocycles. The molecule has 238 valence electrons. The number of ether oxygens (including phenoxy) is 1. The summed E-state index contributed by atoms with van der Waals surface area (Å²) in [5, 5.41) is 21.5. The van der Waals surface area contributed by atoms with Crippen LogP contribution in [0.5, 0.6) is 5.75 Å². The number of Topliss-reactive ketones (excluding diaryl/α,β-unsaturated/α-hetero) is 1. The van der Waals surface area contributed by atoms with Crippen LogP contribution in [0.1, 0.15) is 46.3 Å². The van der Waals surface area contributed by atoms with Crippen molar-refractivity contribution >= 4 is 68.9 Å². The molecule has 1 N–H and O–H groups in total. The Labute approximate surface area is 290 Å². The van der Waals surface area contributed by atoms with E-state index in [1.54, 1.807) is 36.4 Å². The molecule has 1 aromatic heterocycles. The minimum atomic E-state index is -0.908. The van der Waals surface area contributed by atoms with Crippen molar-refractivity contribution in [3.63, 3.8) is 0 Å². The number of aliphatic hydroxyl groups excluding tert-OH is 1. The molecule has 1 saturated heterocycles. The molecule has 0 saturated carbocycles. The highest BCUT2D eigenvalue weighted by atomic mass is 35.5. The first-order valence-electron chi connectivity index (χ1n) is 14.8. The zero-order chi connectivity index (χ0) is 33.1. The van der Waals surface area contributed by atoms with Gasteiger partial charge in [-0.2, -0.15) is 0 Å². The minimum absolute atomic E-state index is 0.0231. The number of halogens is 2. The van der Waals surface area contributed by atoms with Gasteiger partial charge in [-0.05, 0) is 72.0 Å². The van der Waals surface area contributed by atoms with Crippen molar-refractivity contribution in [2.75, 3.05) is 4.90 Å². The summed E-state index contributed by atoms with van der Waals surface area (Å²) in [5.41, 5.74) is 5.19. The summed E-state index contributed by atoms with van der Waals surface area (Å²) in [5.74, 6) is -0.756. The molecule has 7 nitrogen and oxygen atoms in total. The fourth-order valence-electron chi connectivity index (χ4n) is 5.25. The minimum Gasteiger partial charge on any atom is -0.507 e. The van der Waals surface area contributed by atoms with Gasteiger partial charge in [-0.25, -0.2) is 0 Å². The van der Waals surface area contributed by atoms with Crippen LogP contribution >= 0.6 is 46.3 Å². The molecule has 1 aliphatic heterocycles. The number of aliphatic hydroxyl groups is 1. The Morgan fingerprint density at radius 3 is 2.43 bits per heavy atom. The maximum atomic E-state index is 13.6. The number of aryl methyl sites for hydroxylation is 2. The van der Waals surface area contributed by atoms with Crippen LogP contribution in [0.15, 0.2) is 101 Å². The number of ketones is 1. The number of thioether (sulfide) groups is 1. The molecule has 6 rings (SSSR count). The predicted molar refractivity (Wildman–Crippen MR) is 188 cm³/mol. The third kappa shape index (κ3) is 7.23. The number of carbonyl (C=O) groups is 2. The molecule has 1 amide bonds. The molecule has 0 radical (unpaired) electrons. The van der Waals surface area contributed by atoms with E-state index in [1.165, 1.54) is 28.0 Å². The highest BCUT2D eigenvalue weighted by molar-refractivity contribution is 8.00. The van der Waals surface area contributed by atoms with E-state index in [4.69, 9.17) is 27.9 Å². The fourth-order valence-corrected chi connectivity index (χ4v) is 7.68. The van der Waals surface area contributed by atoms with Gasteiger partial charge in [0.15, 0.2) is 4.34 Å². The molecule has 0 bridgehead atoms. The molecular formula is C36H29Cl2N3O4S2. The molecule has 4 aromatic carbocycles. The van der Waals surface area contributed by atoms with E-state index >= 15 is 0 Å². The van der Waals surface area contributed by atoms with Crippen LogP contribution in [0.4, 0.5) is 5.13 Å². The van der Waals surface area contributed by atoms with Crippen molar-refractivity contribution in [3.05, 3.63) is 140 Å². The van der Waals surface area contributed by atoms with Crippen molar-refractivity contribution in [3.8, 4) is 5.75 Å². The molecule has 0 spiro atoms. The lowest BCUT2D eigenvalue weighted by atomic mass is 9.94. The van der Waals surface area contributed by atoms with Crippen molar-refractivity contribution < 1.29 is 19.4 Å². The van der Waals surface area contributed by atoms with Crippen LogP contribution < -0.4 is 9.64 Å². The summed E-state index contributed by atoms with van der Waals surface area (Å²) in [6.45, 7) is 4.46. The molecule has 1 unspecified atom stereocenters. The van der Waals surface area contributed by atoms with E-state index in [2.05, 4.69) is 16.3 Å². The van der Waals surface area contributed by atoms with Gasteiger partial charge in [0, 0.05) is 21.4 Å². The number of hydrogen-bond acceptors (Lipinski definition) is 8. The summed E-state index contributed by atoms with van der Waals surface area (Å²) in [6, 6.07) is 26.9. The SMILES string of the molecule is CCc1ccc(C2C(=C(O)c3ccc(OCc4cccc(C)c4)cc3)C(=O)C(=O)N2c2nnc(SCc3ccc(Cl)cc3Cl)s2)cc1. The second kappa shape index (κ2) is 14.3. The summed E-state index contributed by atoms with van der Waals surface area (Å²) in [7, 11) is 0. The van der Waals surface area contributed by atoms with Gasteiger partial charge < -0.3 is 9.84 Å². The Balaban J connectivity index is 1.30. The summed E-state index contributed by atoms with van der Waals surface area (Å²) in [4.78, 5) is 28.6. The Morgan fingerprint density at radius 1 is 0.957 bits per heavy atom. The molecular weight excluding hydrogens is 673 g/mol. The van der Waals surface area contributed by atoms with Crippen molar-refractivity contribution in [1.29, 1.82) is 0 Å². The van der Waals surface area contributed by atoms with Gasteiger partial charge >= 0.3 is 5.91 Å². The first-order chi connectivity index (χ1) is 22.7. The van der Waals surface area contributed by atoms with Gasteiger partial charge in [-0.3, -0.25) is 14.5 Å². The molecule has 2 heterocycles. The average Bonchev–Trinajstić information content (AvgIpc) is 3.65. The van der Waals surface area contributed by atoms with Gasteiger partial charge in [-0.1, -0.05) is 113 Å². The molecule has 47 heavy (non-hydrogen) atoms. The van der Waals surface area contributed by atoms with E-state index < -0.39 is 17.7 Å². The van der Waals surface area contributed by atoms with Gasteiger partial charge in [0.1, 0.15) is 18.1 Å². The van der Waals surface area contributed by atoms with Crippen LogP contribution in [-0.2, 0) is 28.4 Å².